The molecule has 1 fully saturated rings. The van der Waals surface area contributed by atoms with E-state index in [1.165, 1.54) is 16.4 Å². The molecule has 0 bridgehead atoms. The molecule has 3 rings (SSSR count). The summed E-state index contributed by atoms with van der Waals surface area (Å²) >= 11 is 0. The maximum absolute atomic E-state index is 12.7. The summed E-state index contributed by atoms with van der Waals surface area (Å²) in [5.41, 5.74) is 0.720. The molecule has 1 aromatic heterocycles. The zero-order chi connectivity index (χ0) is 22.4. The van der Waals surface area contributed by atoms with Gasteiger partial charge in [0.15, 0.2) is 0 Å². The molecule has 9 nitrogen and oxygen atoms in total. The molecule has 0 saturated heterocycles. The van der Waals surface area contributed by atoms with Gasteiger partial charge in [-0.25, -0.2) is 13.4 Å². The average Bonchev–Trinajstić information content (AvgIpc) is 3.26. The quantitative estimate of drug-likeness (QED) is 0.432. The van der Waals surface area contributed by atoms with Crippen molar-refractivity contribution >= 4 is 21.4 Å². The number of hydrogen-bond donors (Lipinski definition) is 1. The first-order valence-electron chi connectivity index (χ1n) is 10.5. The number of sulfonamides is 1. The van der Waals surface area contributed by atoms with Gasteiger partial charge < -0.3 is 10.1 Å². The Kier molecular flexibility index (Phi) is 7.45. The van der Waals surface area contributed by atoms with Crippen LogP contribution in [0.2, 0.25) is 0 Å². The van der Waals surface area contributed by atoms with Crippen LogP contribution in [0.1, 0.15) is 45.1 Å². The van der Waals surface area contributed by atoms with Crippen LogP contribution in [0.25, 0.3) is 0 Å². The van der Waals surface area contributed by atoms with E-state index in [0.717, 1.165) is 37.3 Å². The van der Waals surface area contributed by atoms with Crippen molar-refractivity contribution in [2.24, 2.45) is 0 Å². The summed E-state index contributed by atoms with van der Waals surface area (Å²) < 4.78 is 32.7. The van der Waals surface area contributed by atoms with Crippen LogP contribution in [0.15, 0.2) is 41.4 Å². The lowest BCUT2D eigenvalue weighted by Gasteiger charge is -2.19. The van der Waals surface area contributed by atoms with Gasteiger partial charge in [-0.05, 0) is 43.9 Å². The molecule has 0 aliphatic heterocycles. The Labute approximate surface area is 182 Å². The number of nitro groups is 1. The largest absolute Gasteiger partial charge is 0.474 e. The minimum Gasteiger partial charge on any atom is -0.474 e. The third-order valence-corrected chi connectivity index (χ3v) is 7.45. The second-order valence-corrected chi connectivity index (χ2v) is 9.31. The topological polar surface area (TPSA) is 115 Å². The molecule has 2 aromatic rings. The lowest BCUT2D eigenvalue weighted by Crippen LogP contribution is -2.30. The van der Waals surface area contributed by atoms with Gasteiger partial charge in [0.05, 0.1) is 9.82 Å². The predicted molar refractivity (Wildman–Crippen MR) is 118 cm³/mol. The highest BCUT2D eigenvalue weighted by molar-refractivity contribution is 7.89. The Morgan fingerprint density at radius 3 is 2.58 bits per heavy atom. The van der Waals surface area contributed by atoms with E-state index < -0.39 is 14.9 Å². The summed E-state index contributed by atoms with van der Waals surface area (Å²) in [4.78, 5) is 15.3. The number of aromatic nitrogens is 1. The molecule has 168 valence electrons. The molecular weight excluding hydrogens is 420 g/mol. The van der Waals surface area contributed by atoms with Crippen LogP contribution in [0, 0.1) is 10.1 Å². The van der Waals surface area contributed by atoms with E-state index in [1.54, 1.807) is 26.1 Å². The van der Waals surface area contributed by atoms with Gasteiger partial charge in [0.25, 0.3) is 5.69 Å². The standard InChI is InChI=1S/C21H28N4O5S/c1-3-24(4-2)31(28,29)18-11-12-19(20(14-18)25(26)27)23-15-16-8-7-13-22-21(16)30-17-9-5-6-10-17/h7-8,11-14,17,23H,3-6,9-10,15H2,1-2H3. The smallest absolute Gasteiger partial charge is 0.293 e. The van der Waals surface area contributed by atoms with Crippen molar-refractivity contribution in [1.29, 1.82) is 0 Å². The summed E-state index contributed by atoms with van der Waals surface area (Å²) in [7, 11) is -3.79. The lowest BCUT2D eigenvalue weighted by molar-refractivity contribution is -0.384. The third kappa shape index (κ3) is 5.31. The number of nitrogens with one attached hydrogen (secondary N) is 1. The molecule has 0 atom stereocenters. The molecule has 1 aliphatic carbocycles. The Morgan fingerprint density at radius 1 is 1.23 bits per heavy atom. The van der Waals surface area contributed by atoms with Gasteiger partial charge in [0, 0.05) is 37.5 Å². The molecule has 1 aliphatic rings. The van der Waals surface area contributed by atoms with Gasteiger partial charge in [0.2, 0.25) is 15.9 Å². The van der Waals surface area contributed by atoms with E-state index in [4.69, 9.17) is 4.74 Å². The predicted octanol–water partition coefficient (Wildman–Crippen LogP) is 3.95. The number of rotatable bonds is 10. The van der Waals surface area contributed by atoms with Gasteiger partial charge in [-0.2, -0.15) is 4.31 Å². The first kappa shape index (κ1) is 23.0. The highest BCUT2D eigenvalue weighted by Gasteiger charge is 2.26. The van der Waals surface area contributed by atoms with Crippen molar-refractivity contribution in [2.45, 2.75) is 57.1 Å². The highest BCUT2D eigenvalue weighted by atomic mass is 32.2. The Balaban J connectivity index is 1.82. The Bertz CT molecular complexity index is 1020. The van der Waals surface area contributed by atoms with Crippen molar-refractivity contribution in [3.05, 3.63) is 52.2 Å². The summed E-state index contributed by atoms with van der Waals surface area (Å²) in [6.45, 7) is 4.29. The molecule has 0 spiro atoms. The van der Waals surface area contributed by atoms with Gasteiger partial charge in [0.1, 0.15) is 11.8 Å². The van der Waals surface area contributed by atoms with Crippen LogP contribution in [-0.4, -0.2) is 41.8 Å². The van der Waals surface area contributed by atoms with E-state index in [2.05, 4.69) is 10.3 Å². The van der Waals surface area contributed by atoms with Gasteiger partial charge >= 0.3 is 0 Å². The summed E-state index contributed by atoms with van der Waals surface area (Å²) in [5.74, 6) is 0.519. The van der Waals surface area contributed by atoms with Crippen molar-refractivity contribution in [1.82, 2.24) is 9.29 Å². The molecule has 1 aromatic carbocycles. The number of ether oxygens (including phenoxy) is 1. The minimum absolute atomic E-state index is 0.0971. The third-order valence-electron chi connectivity index (χ3n) is 5.41. The molecule has 0 amide bonds. The molecule has 0 unspecified atom stereocenters. The van der Waals surface area contributed by atoms with Crippen LogP contribution in [-0.2, 0) is 16.6 Å². The average molecular weight is 449 g/mol. The summed E-state index contributed by atoms with van der Waals surface area (Å²) in [6.07, 6.45) is 6.07. The van der Waals surface area contributed by atoms with E-state index in [0.29, 0.717) is 5.88 Å². The lowest BCUT2D eigenvalue weighted by atomic mass is 10.2. The van der Waals surface area contributed by atoms with Gasteiger partial charge in [-0.1, -0.05) is 19.9 Å². The molecule has 31 heavy (non-hydrogen) atoms. The minimum atomic E-state index is -3.79. The van der Waals surface area contributed by atoms with Crippen LogP contribution < -0.4 is 10.1 Å². The SMILES string of the molecule is CCN(CC)S(=O)(=O)c1ccc(NCc2cccnc2OC2CCCC2)c([N+](=O)[O-])c1. The fourth-order valence-electron chi connectivity index (χ4n) is 3.70. The molecular formula is C21H28N4O5S. The van der Waals surface area contributed by atoms with E-state index >= 15 is 0 Å². The normalized spacial score (nSPS) is 14.7. The van der Waals surface area contributed by atoms with Crippen molar-refractivity contribution in [3.8, 4) is 5.88 Å². The molecule has 10 heteroatoms. The number of nitrogens with zero attached hydrogens (tertiary/aromatic N) is 3. The Hall–Kier alpha value is -2.72. The van der Waals surface area contributed by atoms with E-state index in [9.17, 15) is 18.5 Å². The van der Waals surface area contributed by atoms with E-state index in [-0.39, 0.29) is 42.0 Å². The number of benzene rings is 1. The Morgan fingerprint density at radius 2 is 1.94 bits per heavy atom. The van der Waals surface area contributed by atoms with Crippen LogP contribution in [0.3, 0.4) is 0 Å². The fraction of sp³-hybridized carbons (Fsp3) is 0.476. The number of nitro benzene ring substituents is 1. The van der Waals surface area contributed by atoms with Crippen LogP contribution in [0.4, 0.5) is 11.4 Å². The molecule has 1 saturated carbocycles. The first-order chi connectivity index (χ1) is 14.9. The zero-order valence-electron chi connectivity index (χ0n) is 17.8. The molecule has 1 N–H and O–H groups in total. The second-order valence-electron chi connectivity index (χ2n) is 7.37. The monoisotopic (exact) mass is 448 g/mol. The molecule has 0 radical (unpaired) electrons. The number of hydrogen-bond acceptors (Lipinski definition) is 7. The maximum atomic E-state index is 12.7. The number of anilines is 1. The van der Waals surface area contributed by atoms with Crippen molar-refractivity contribution in [3.63, 3.8) is 0 Å². The van der Waals surface area contributed by atoms with Crippen LogP contribution >= 0.6 is 0 Å². The summed E-state index contributed by atoms with van der Waals surface area (Å²) in [5, 5.41) is 14.7. The fourth-order valence-corrected chi connectivity index (χ4v) is 5.18. The maximum Gasteiger partial charge on any atom is 0.293 e. The second kappa shape index (κ2) is 10.1. The van der Waals surface area contributed by atoms with Gasteiger partial charge in [-0.3, -0.25) is 10.1 Å². The van der Waals surface area contributed by atoms with Gasteiger partial charge in [-0.15, -0.1) is 0 Å². The highest BCUT2D eigenvalue weighted by Crippen LogP contribution is 2.30. The summed E-state index contributed by atoms with van der Waals surface area (Å²) in [6, 6.07) is 7.57. The zero-order valence-corrected chi connectivity index (χ0v) is 18.6. The van der Waals surface area contributed by atoms with E-state index in [1.807, 2.05) is 6.07 Å². The molecule has 1 heterocycles. The van der Waals surface area contributed by atoms with Crippen molar-refractivity contribution in [2.75, 3.05) is 18.4 Å². The number of pyridine rings is 1. The van der Waals surface area contributed by atoms with Crippen molar-refractivity contribution < 1.29 is 18.1 Å². The van der Waals surface area contributed by atoms with Crippen LogP contribution in [0.5, 0.6) is 5.88 Å². The first-order valence-corrected chi connectivity index (χ1v) is 11.9.